The topological polar surface area (TPSA) is 32.3 Å². The smallest absolute Gasteiger partial charge is 0.138 e. The molecule has 0 saturated heterocycles. The molecule has 1 rings (SSSR count). The number of nitrogens with one attached hydrogen (secondary N) is 1. The van der Waals surface area contributed by atoms with Crippen molar-refractivity contribution in [2.45, 2.75) is 6.92 Å². The van der Waals surface area contributed by atoms with Gasteiger partial charge in [0.1, 0.15) is 5.75 Å². The summed E-state index contributed by atoms with van der Waals surface area (Å²) in [5.41, 5.74) is 1.87. The minimum atomic E-state index is 0.278. The van der Waals surface area contributed by atoms with Crippen LogP contribution in [0.3, 0.4) is 0 Å². The van der Waals surface area contributed by atoms with E-state index in [2.05, 4.69) is 14.5 Å². The number of benzene rings is 1. The second-order valence-corrected chi connectivity index (χ2v) is 2.45. The first-order valence-corrected chi connectivity index (χ1v) is 3.58. The van der Waals surface area contributed by atoms with Crippen molar-refractivity contribution in [3.63, 3.8) is 0 Å². The Bertz CT molecular complexity index is 237. The molecule has 3 heteroatoms. The van der Waals surface area contributed by atoms with Crippen LogP contribution in [0.15, 0.2) is 18.2 Å². The summed E-state index contributed by atoms with van der Waals surface area (Å²) in [4.78, 5) is 0. The van der Waals surface area contributed by atoms with Crippen LogP contribution < -0.4 is 5.09 Å². The summed E-state index contributed by atoms with van der Waals surface area (Å²) in [7, 11) is 2.34. The highest BCUT2D eigenvalue weighted by molar-refractivity contribution is 7.18. The third-order valence-electron chi connectivity index (χ3n) is 1.31. The number of phenols is 1. The Morgan fingerprint density at radius 1 is 1.50 bits per heavy atom. The van der Waals surface area contributed by atoms with Gasteiger partial charge in [0.05, 0.1) is 5.69 Å². The Kier molecular flexibility index (Phi) is 2.13. The Labute approximate surface area is 62.5 Å². The second-order valence-electron chi connectivity index (χ2n) is 2.16. The van der Waals surface area contributed by atoms with Crippen LogP contribution in [0.2, 0.25) is 0 Å². The van der Waals surface area contributed by atoms with Crippen LogP contribution >= 0.6 is 9.39 Å². The maximum absolute atomic E-state index is 9.16. The fraction of sp³-hybridized carbons (Fsp3) is 0.143. The summed E-state index contributed by atoms with van der Waals surface area (Å²) < 4.78 is 0. The minimum Gasteiger partial charge on any atom is -0.506 e. The highest BCUT2D eigenvalue weighted by Crippen LogP contribution is 2.24. The minimum absolute atomic E-state index is 0.278. The highest BCUT2D eigenvalue weighted by Gasteiger charge is 1.95. The fourth-order valence-corrected chi connectivity index (χ4v) is 0.997. The zero-order valence-electron chi connectivity index (χ0n) is 5.76. The molecule has 0 fully saturated rings. The van der Waals surface area contributed by atoms with Crippen LogP contribution in [-0.4, -0.2) is 5.11 Å². The third kappa shape index (κ3) is 1.39. The summed E-state index contributed by atoms with van der Waals surface area (Å²) in [5.74, 6) is 0.278. The summed E-state index contributed by atoms with van der Waals surface area (Å²) in [6.45, 7) is 1.98. The first-order chi connectivity index (χ1) is 4.74. The van der Waals surface area contributed by atoms with Gasteiger partial charge in [-0.3, -0.25) is 0 Å². The molecule has 0 aliphatic rings. The molecule has 1 aromatic carbocycles. The summed E-state index contributed by atoms with van der Waals surface area (Å²) in [6.07, 6.45) is 0. The van der Waals surface area contributed by atoms with Gasteiger partial charge in [0.15, 0.2) is 0 Å². The van der Waals surface area contributed by atoms with Crippen LogP contribution in [0.1, 0.15) is 5.56 Å². The first-order valence-electron chi connectivity index (χ1n) is 3.00. The standard InChI is InChI=1S/C7H10NOP/c1-5-2-3-7(9)6(4-5)8-10/h2-4,8-9H,10H2,1H3. The van der Waals surface area contributed by atoms with Crippen molar-refractivity contribution in [3.8, 4) is 5.75 Å². The number of hydrogen-bond donors (Lipinski definition) is 2. The van der Waals surface area contributed by atoms with Gasteiger partial charge in [-0.15, -0.1) is 0 Å². The Hall–Kier alpha value is -0.750. The van der Waals surface area contributed by atoms with Crippen molar-refractivity contribution >= 4 is 15.1 Å². The van der Waals surface area contributed by atoms with E-state index in [4.69, 9.17) is 5.11 Å². The number of aryl methyl sites for hydroxylation is 1. The number of phenolic OH excluding ortho intramolecular Hbond substituents is 1. The molecule has 0 bridgehead atoms. The summed E-state index contributed by atoms with van der Waals surface area (Å²) in [5, 5.41) is 12.0. The lowest BCUT2D eigenvalue weighted by molar-refractivity contribution is 0.478. The fourth-order valence-electron chi connectivity index (χ4n) is 0.765. The molecule has 0 radical (unpaired) electrons. The number of rotatable bonds is 1. The van der Waals surface area contributed by atoms with E-state index in [1.54, 1.807) is 6.07 Å². The van der Waals surface area contributed by atoms with Crippen molar-refractivity contribution in [1.29, 1.82) is 0 Å². The van der Waals surface area contributed by atoms with Gasteiger partial charge >= 0.3 is 0 Å². The second kappa shape index (κ2) is 2.89. The molecule has 0 aliphatic heterocycles. The molecule has 0 saturated carbocycles. The van der Waals surface area contributed by atoms with E-state index in [-0.39, 0.29) is 5.75 Å². The predicted octanol–water partition coefficient (Wildman–Crippen LogP) is 1.90. The van der Waals surface area contributed by atoms with Gasteiger partial charge in [-0.25, -0.2) is 0 Å². The monoisotopic (exact) mass is 155 g/mol. The SMILES string of the molecule is Cc1ccc(O)c(NP)c1. The van der Waals surface area contributed by atoms with E-state index in [0.29, 0.717) is 0 Å². The van der Waals surface area contributed by atoms with E-state index >= 15 is 0 Å². The van der Waals surface area contributed by atoms with Gasteiger partial charge in [0.2, 0.25) is 0 Å². The van der Waals surface area contributed by atoms with Gasteiger partial charge in [-0.2, -0.15) is 0 Å². The molecule has 0 amide bonds. The van der Waals surface area contributed by atoms with Gasteiger partial charge in [-0.05, 0) is 34.0 Å². The van der Waals surface area contributed by atoms with E-state index < -0.39 is 0 Å². The van der Waals surface area contributed by atoms with Gasteiger partial charge < -0.3 is 10.2 Å². The Morgan fingerprint density at radius 3 is 2.70 bits per heavy atom. The van der Waals surface area contributed by atoms with Crippen LogP contribution in [0.4, 0.5) is 5.69 Å². The highest BCUT2D eigenvalue weighted by atomic mass is 31.0. The van der Waals surface area contributed by atoms with Crippen molar-refractivity contribution < 1.29 is 5.11 Å². The van der Waals surface area contributed by atoms with Crippen molar-refractivity contribution in [2.75, 3.05) is 5.09 Å². The molecule has 2 nitrogen and oxygen atoms in total. The van der Waals surface area contributed by atoms with E-state index in [9.17, 15) is 0 Å². The Balaban J connectivity index is 3.09. The molecule has 0 spiro atoms. The summed E-state index contributed by atoms with van der Waals surface area (Å²) >= 11 is 0. The molecule has 2 N–H and O–H groups in total. The largest absolute Gasteiger partial charge is 0.506 e. The van der Waals surface area contributed by atoms with Crippen LogP contribution in [-0.2, 0) is 0 Å². The average molecular weight is 155 g/mol. The van der Waals surface area contributed by atoms with Crippen molar-refractivity contribution in [3.05, 3.63) is 23.8 Å². The lowest BCUT2D eigenvalue weighted by Crippen LogP contribution is -1.81. The molecular weight excluding hydrogens is 145 g/mol. The average Bonchev–Trinajstić information content (AvgIpc) is 1.94. The molecule has 1 aromatic rings. The Morgan fingerprint density at radius 2 is 2.20 bits per heavy atom. The first kappa shape index (κ1) is 7.36. The zero-order chi connectivity index (χ0) is 7.56. The summed E-state index contributed by atoms with van der Waals surface area (Å²) in [6, 6.07) is 5.41. The van der Waals surface area contributed by atoms with E-state index in [1.165, 1.54) is 0 Å². The maximum Gasteiger partial charge on any atom is 0.138 e. The molecule has 0 heterocycles. The molecule has 10 heavy (non-hydrogen) atoms. The van der Waals surface area contributed by atoms with Gasteiger partial charge in [0, 0.05) is 0 Å². The van der Waals surface area contributed by atoms with E-state index in [1.807, 2.05) is 19.1 Å². The molecule has 1 unspecified atom stereocenters. The molecule has 0 aromatic heterocycles. The molecular formula is C7H10NOP. The lowest BCUT2D eigenvalue weighted by atomic mass is 10.2. The van der Waals surface area contributed by atoms with Gasteiger partial charge in [0.25, 0.3) is 0 Å². The van der Waals surface area contributed by atoms with Crippen molar-refractivity contribution in [2.24, 2.45) is 0 Å². The molecule has 54 valence electrons. The molecule has 0 aliphatic carbocycles. The zero-order valence-corrected chi connectivity index (χ0v) is 6.91. The van der Waals surface area contributed by atoms with Crippen molar-refractivity contribution in [1.82, 2.24) is 0 Å². The predicted molar refractivity (Wildman–Crippen MR) is 46.2 cm³/mol. The van der Waals surface area contributed by atoms with Crippen LogP contribution in [0.5, 0.6) is 5.75 Å². The van der Waals surface area contributed by atoms with E-state index in [0.717, 1.165) is 11.3 Å². The number of hydrogen-bond acceptors (Lipinski definition) is 2. The van der Waals surface area contributed by atoms with Crippen LogP contribution in [0.25, 0.3) is 0 Å². The quantitative estimate of drug-likeness (QED) is 0.479. The number of anilines is 1. The van der Waals surface area contributed by atoms with Gasteiger partial charge in [-0.1, -0.05) is 6.07 Å². The third-order valence-corrected chi connectivity index (χ3v) is 1.62. The van der Waals surface area contributed by atoms with Crippen LogP contribution in [0, 0.1) is 6.92 Å². The maximum atomic E-state index is 9.16. The number of aromatic hydroxyl groups is 1. The lowest BCUT2D eigenvalue weighted by Gasteiger charge is -2.02. The normalized spacial score (nSPS) is 9.40. The molecule has 1 atom stereocenters.